The molecule has 1 N–H and O–H groups in total. The van der Waals surface area contributed by atoms with E-state index in [-0.39, 0.29) is 11.6 Å². The maximum atomic E-state index is 13.3. The summed E-state index contributed by atoms with van der Waals surface area (Å²) >= 11 is 0. The van der Waals surface area contributed by atoms with Gasteiger partial charge in [0.05, 0.1) is 10.5 Å². The Balaban J connectivity index is 1.92. The van der Waals surface area contributed by atoms with Crippen molar-refractivity contribution in [2.24, 2.45) is 0 Å². The van der Waals surface area contributed by atoms with Crippen LogP contribution in [0.4, 0.5) is 23.4 Å². The molecule has 0 saturated heterocycles. The Kier molecular flexibility index (Phi) is 5.36. The van der Waals surface area contributed by atoms with E-state index in [0.29, 0.717) is 22.8 Å². The average Bonchev–Trinajstić information content (AvgIpc) is 2.62. The zero-order valence-electron chi connectivity index (χ0n) is 15.4. The molecule has 0 fully saturated rings. The Hall–Kier alpha value is -2.94. The van der Waals surface area contributed by atoms with Crippen LogP contribution in [0, 0.1) is 19.7 Å². The molecule has 0 spiro atoms. The molecule has 3 rings (SSSR count). The number of hydrogen-bond acceptors (Lipinski definition) is 3. The van der Waals surface area contributed by atoms with Crippen molar-refractivity contribution in [2.45, 2.75) is 24.9 Å². The van der Waals surface area contributed by atoms with E-state index in [2.05, 4.69) is 9.71 Å². The first-order chi connectivity index (χ1) is 13.5. The van der Waals surface area contributed by atoms with Crippen molar-refractivity contribution in [3.05, 3.63) is 77.2 Å². The second kappa shape index (κ2) is 7.47. The smallest absolute Gasteiger partial charge is 0.263 e. The minimum absolute atomic E-state index is 0.0385. The van der Waals surface area contributed by atoms with Crippen LogP contribution in [-0.4, -0.2) is 13.4 Å². The first-order valence-electron chi connectivity index (χ1n) is 8.40. The van der Waals surface area contributed by atoms with Crippen molar-refractivity contribution < 1.29 is 26.0 Å². The third kappa shape index (κ3) is 4.56. The van der Waals surface area contributed by atoms with Gasteiger partial charge < -0.3 is 0 Å². The summed E-state index contributed by atoms with van der Waals surface area (Å²) < 4.78 is 79.0. The fourth-order valence-corrected chi connectivity index (χ4v) is 3.90. The van der Waals surface area contributed by atoms with Crippen molar-refractivity contribution in [3.8, 4) is 11.1 Å². The molecule has 3 aromatic rings. The van der Waals surface area contributed by atoms with Gasteiger partial charge >= 0.3 is 6.18 Å². The summed E-state index contributed by atoms with van der Waals surface area (Å²) in [5.74, 6) is -0.411. The van der Waals surface area contributed by atoms with Crippen LogP contribution in [0.25, 0.3) is 11.1 Å². The maximum absolute atomic E-state index is 13.3. The number of rotatable bonds is 4. The lowest BCUT2D eigenvalue weighted by Gasteiger charge is -2.13. The molecule has 2 aromatic carbocycles. The number of hydrogen-bond donors (Lipinski definition) is 1. The summed E-state index contributed by atoms with van der Waals surface area (Å²) in [5.41, 5.74) is 1.71. The molecule has 9 heteroatoms. The first-order valence-corrected chi connectivity index (χ1v) is 9.89. The molecule has 0 aliphatic carbocycles. The van der Waals surface area contributed by atoms with Crippen LogP contribution < -0.4 is 4.72 Å². The van der Waals surface area contributed by atoms with Gasteiger partial charge in [0, 0.05) is 11.8 Å². The van der Waals surface area contributed by atoms with Gasteiger partial charge in [0.25, 0.3) is 10.0 Å². The topological polar surface area (TPSA) is 59.1 Å². The predicted octanol–water partition coefficient (Wildman–Crippen LogP) is 5.32. The summed E-state index contributed by atoms with van der Waals surface area (Å²) in [4.78, 5) is 3.53. The lowest BCUT2D eigenvalue weighted by Crippen LogP contribution is -2.15. The summed E-state index contributed by atoms with van der Waals surface area (Å²) in [6, 6.07) is 9.19. The quantitative estimate of drug-likeness (QED) is 0.577. The van der Waals surface area contributed by atoms with E-state index in [9.17, 15) is 26.0 Å². The number of pyridine rings is 1. The molecule has 1 heterocycles. The standard InChI is InChI=1S/C20H16F4N2O2S/c1-12-8-15(21)6-7-17(12)18-11-25-19(9-13(18)2)26-29(27,28)16-5-3-4-14(10-16)20(22,23)24/h3-11H,1-2H3,(H,25,26). The van der Waals surface area contributed by atoms with Gasteiger partial charge in [-0.15, -0.1) is 0 Å². The molecule has 0 unspecified atom stereocenters. The van der Waals surface area contributed by atoms with Crippen LogP contribution >= 0.6 is 0 Å². The molecule has 0 bridgehead atoms. The molecule has 0 saturated carbocycles. The highest BCUT2D eigenvalue weighted by atomic mass is 32.2. The van der Waals surface area contributed by atoms with E-state index in [1.165, 1.54) is 24.4 Å². The molecule has 0 aliphatic rings. The third-order valence-electron chi connectivity index (χ3n) is 4.30. The number of nitrogens with one attached hydrogen (secondary N) is 1. The zero-order valence-corrected chi connectivity index (χ0v) is 16.2. The Morgan fingerprint density at radius 1 is 0.931 bits per heavy atom. The predicted molar refractivity (Wildman–Crippen MR) is 101 cm³/mol. The van der Waals surface area contributed by atoms with Crippen LogP contribution in [0.5, 0.6) is 0 Å². The summed E-state index contributed by atoms with van der Waals surface area (Å²) in [5, 5.41) is 0. The van der Waals surface area contributed by atoms with Gasteiger partial charge in [-0.05, 0) is 66.9 Å². The second-order valence-corrected chi connectivity index (χ2v) is 8.16. The van der Waals surface area contributed by atoms with E-state index in [1.54, 1.807) is 19.9 Å². The van der Waals surface area contributed by atoms with Gasteiger partial charge in [-0.25, -0.2) is 17.8 Å². The first kappa shape index (κ1) is 20.8. The highest BCUT2D eigenvalue weighted by Crippen LogP contribution is 2.31. The van der Waals surface area contributed by atoms with Crippen molar-refractivity contribution in [3.63, 3.8) is 0 Å². The second-order valence-electron chi connectivity index (χ2n) is 6.47. The van der Waals surface area contributed by atoms with Crippen LogP contribution in [0.2, 0.25) is 0 Å². The Labute approximate surface area is 165 Å². The minimum Gasteiger partial charge on any atom is -0.263 e. The van der Waals surface area contributed by atoms with Gasteiger partial charge in [0.1, 0.15) is 11.6 Å². The molecule has 0 aliphatic heterocycles. The van der Waals surface area contributed by atoms with Crippen molar-refractivity contribution in [1.82, 2.24) is 4.98 Å². The lowest BCUT2D eigenvalue weighted by molar-refractivity contribution is -0.137. The van der Waals surface area contributed by atoms with Gasteiger partial charge in [-0.1, -0.05) is 12.1 Å². The molecular formula is C20H16F4N2O2S. The summed E-state index contributed by atoms with van der Waals surface area (Å²) in [6.45, 7) is 3.46. The molecule has 0 atom stereocenters. The fourth-order valence-electron chi connectivity index (χ4n) is 2.86. The number of halogens is 4. The van der Waals surface area contributed by atoms with Crippen LogP contribution in [-0.2, 0) is 16.2 Å². The van der Waals surface area contributed by atoms with E-state index in [4.69, 9.17) is 0 Å². The van der Waals surface area contributed by atoms with Gasteiger partial charge in [0.2, 0.25) is 0 Å². The van der Waals surface area contributed by atoms with Crippen molar-refractivity contribution >= 4 is 15.8 Å². The van der Waals surface area contributed by atoms with Crippen LogP contribution in [0.3, 0.4) is 0 Å². The average molecular weight is 424 g/mol. The molecule has 0 amide bonds. The third-order valence-corrected chi connectivity index (χ3v) is 5.65. The number of anilines is 1. The number of aromatic nitrogens is 1. The molecule has 152 valence electrons. The Morgan fingerprint density at radius 2 is 1.62 bits per heavy atom. The largest absolute Gasteiger partial charge is 0.416 e. The lowest BCUT2D eigenvalue weighted by atomic mass is 9.98. The molecular weight excluding hydrogens is 408 g/mol. The van der Waals surface area contributed by atoms with E-state index in [1.807, 2.05) is 0 Å². The van der Waals surface area contributed by atoms with E-state index in [0.717, 1.165) is 23.8 Å². The highest BCUT2D eigenvalue weighted by Gasteiger charge is 2.31. The maximum Gasteiger partial charge on any atom is 0.416 e. The van der Waals surface area contributed by atoms with Gasteiger partial charge in [-0.3, -0.25) is 4.72 Å². The van der Waals surface area contributed by atoms with Gasteiger partial charge in [0.15, 0.2) is 0 Å². The number of alkyl halides is 3. The number of nitrogens with zero attached hydrogens (tertiary/aromatic N) is 1. The number of aryl methyl sites for hydroxylation is 2. The normalized spacial score (nSPS) is 12.1. The van der Waals surface area contributed by atoms with E-state index >= 15 is 0 Å². The molecule has 0 radical (unpaired) electrons. The Bertz CT molecular complexity index is 1180. The molecule has 29 heavy (non-hydrogen) atoms. The monoisotopic (exact) mass is 424 g/mol. The summed E-state index contributed by atoms with van der Waals surface area (Å²) in [7, 11) is -4.27. The van der Waals surface area contributed by atoms with E-state index < -0.39 is 26.7 Å². The summed E-state index contributed by atoms with van der Waals surface area (Å²) in [6.07, 6.45) is -3.23. The number of sulfonamides is 1. The Morgan fingerprint density at radius 3 is 2.24 bits per heavy atom. The molecule has 4 nitrogen and oxygen atoms in total. The van der Waals surface area contributed by atoms with Crippen molar-refractivity contribution in [2.75, 3.05) is 4.72 Å². The van der Waals surface area contributed by atoms with Crippen LogP contribution in [0.1, 0.15) is 16.7 Å². The van der Waals surface area contributed by atoms with Crippen LogP contribution in [0.15, 0.2) is 59.6 Å². The SMILES string of the molecule is Cc1cc(F)ccc1-c1cnc(NS(=O)(=O)c2cccc(C(F)(F)F)c2)cc1C. The molecule has 1 aromatic heterocycles. The minimum atomic E-state index is -4.66. The van der Waals surface area contributed by atoms with Crippen molar-refractivity contribution in [1.29, 1.82) is 0 Å². The number of benzene rings is 2. The zero-order chi connectivity index (χ0) is 21.4. The van der Waals surface area contributed by atoms with Gasteiger partial charge in [-0.2, -0.15) is 13.2 Å². The fraction of sp³-hybridized carbons (Fsp3) is 0.150. The highest BCUT2D eigenvalue weighted by molar-refractivity contribution is 7.92.